The predicted octanol–water partition coefficient (Wildman–Crippen LogP) is 3.15. The molecule has 1 amide bonds. The number of carbonyl (C=O) groups is 1. The van der Waals surface area contributed by atoms with Crippen LogP contribution in [0.5, 0.6) is 0 Å². The van der Waals surface area contributed by atoms with Gasteiger partial charge in [-0.3, -0.25) is 9.69 Å². The van der Waals surface area contributed by atoms with Crippen molar-refractivity contribution in [1.82, 2.24) is 4.98 Å². The Balaban J connectivity index is 2.28. The fourth-order valence-electron chi connectivity index (χ4n) is 1.53. The van der Waals surface area contributed by atoms with E-state index in [1.54, 1.807) is 23.2 Å². The summed E-state index contributed by atoms with van der Waals surface area (Å²) < 4.78 is 0.914. The second-order valence-corrected chi connectivity index (χ2v) is 5.46. The molecule has 2 rings (SSSR count). The topological polar surface area (TPSA) is 59.2 Å². The molecule has 94 valence electrons. The number of nitrogens with zero attached hydrogens (tertiary/aromatic N) is 2. The smallest absolute Gasteiger partial charge is 0.269 e. The SMILES string of the molecule is CCN(C(=O)c1cc(Br)cs1)c1ccc(N)cn1. The highest BCUT2D eigenvalue weighted by molar-refractivity contribution is 9.10. The molecule has 0 saturated carbocycles. The van der Waals surface area contributed by atoms with Gasteiger partial charge in [0.2, 0.25) is 0 Å². The van der Waals surface area contributed by atoms with E-state index >= 15 is 0 Å². The van der Waals surface area contributed by atoms with Crippen molar-refractivity contribution in [3.8, 4) is 0 Å². The zero-order valence-corrected chi connectivity index (χ0v) is 12.2. The molecule has 0 bridgehead atoms. The molecule has 0 unspecified atom stereocenters. The summed E-state index contributed by atoms with van der Waals surface area (Å²) in [6.07, 6.45) is 1.55. The number of halogens is 1. The van der Waals surface area contributed by atoms with E-state index in [9.17, 15) is 4.79 Å². The van der Waals surface area contributed by atoms with Crippen molar-refractivity contribution in [3.63, 3.8) is 0 Å². The number of nitrogen functional groups attached to an aromatic ring is 1. The number of nitrogens with two attached hydrogens (primary N) is 1. The molecule has 18 heavy (non-hydrogen) atoms. The normalized spacial score (nSPS) is 10.3. The van der Waals surface area contributed by atoms with Crippen molar-refractivity contribution in [2.45, 2.75) is 6.92 Å². The van der Waals surface area contributed by atoms with E-state index in [-0.39, 0.29) is 5.91 Å². The van der Waals surface area contributed by atoms with Gasteiger partial charge in [-0.2, -0.15) is 0 Å². The van der Waals surface area contributed by atoms with E-state index in [0.29, 0.717) is 22.9 Å². The minimum absolute atomic E-state index is 0.0505. The number of hydrogen-bond acceptors (Lipinski definition) is 4. The van der Waals surface area contributed by atoms with Crippen molar-refractivity contribution in [1.29, 1.82) is 0 Å². The van der Waals surface area contributed by atoms with Crippen molar-refractivity contribution in [2.24, 2.45) is 0 Å². The first-order chi connectivity index (χ1) is 8.61. The Kier molecular flexibility index (Phi) is 3.98. The molecule has 0 saturated heterocycles. The van der Waals surface area contributed by atoms with Gasteiger partial charge in [0, 0.05) is 16.4 Å². The second-order valence-electron chi connectivity index (χ2n) is 3.63. The van der Waals surface area contributed by atoms with Crippen LogP contribution in [0, 0.1) is 0 Å². The fourth-order valence-corrected chi connectivity index (χ4v) is 2.90. The maximum atomic E-state index is 12.3. The summed E-state index contributed by atoms with van der Waals surface area (Å²) in [7, 11) is 0. The van der Waals surface area contributed by atoms with E-state index < -0.39 is 0 Å². The molecular weight excluding hydrogens is 314 g/mol. The Labute approximate surface area is 118 Å². The minimum Gasteiger partial charge on any atom is -0.397 e. The lowest BCUT2D eigenvalue weighted by Crippen LogP contribution is -2.30. The third-order valence-electron chi connectivity index (χ3n) is 2.39. The number of amides is 1. The van der Waals surface area contributed by atoms with Crippen LogP contribution in [0.25, 0.3) is 0 Å². The fraction of sp³-hybridized carbons (Fsp3) is 0.167. The van der Waals surface area contributed by atoms with Crippen molar-refractivity contribution < 1.29 is 4.79 Å². The highest BCUT2D eigenvalue weighted by Gasteiger charge is 2.18. The maximum Gasteiger partial charge on any atom is 0.269 e. The first-order valence-electron chi connectivity index (χ1n) is 5.39. The van der Waals surface area contributed by atoms with Crippen LogP contribution in [-0.4, -0.2) is 17.4 Å². The lowest BCUT2D eigenvalue weighted by atomic mass is 10.3. The van der Waals surface area contributed by atoms with Gasteiger partial charge in [0.05, 0.1) is 16.8 Å². The van der Waals surface area contributed by atoms with Crippen LogP contribution in [0.4, 0.5) is 11.5 Å². The monoisotopic (exact) mass is 325 g/mol. The molecule has 0 radical (unpaired) electrons. The molecule has 2 N–H and O–H groups in total. The summed E-state index contributed by atoms with van der Waals surface area (Å²) in [5.74, 6) is 0.562. The molecule has 0 aliphatic carbocycles. The van der Waals surface area contributed by atoms with Crippen LogP contribution in [0.2, 0.25) is 0 Å². The first-order valence-corrected chi connectivity index (χ1v) is 7.06. The van der Waals surface area contributed by atoms with Crippen LogP contribution < -0.4 is 10.6 Å². The third kappa shape index (κ3) is 2.70. The summed E-state index contributed by atoms with van der Waals surface area (Å²) in [5, 5.41) is 1.89. The predicted molar refractivity (Wildman–Crippen MR) is 78.0 cm³/mol. The van der Waals surface area contributed by atoms with Gasteiger partial charge in [-0.1, -0.05) is 0 Å². The van der Waals surface area contributed by atoms with Gasteiger partial charge < -0.3 is 5.73 Å². The average molecular weight is 326 g/mol. The molecule has 2 heterocycles. The molecule has 0 aromatic carbocycles. The van der Waals surface area contributed by atoms with E-state index in [1.165, 1.54) is 11.3 Å². The van der Waals surface area contributed by atoms with Crippen LogP contribution in [-0.2, 0) is 0 Å². The van der Waals surface area contributed by atoms with Crippen LogP contribution in [0.1, 0.15) is 16.6 Å². The van der Waals surface area contributed by atoms with Gasteiger partial charge in [-0.15, -0.1) is 11.3 Å². The lowest BCUT2D eigenvalue weighted by Gasteiger charge is -2.18. The van der Waals surface area contributed by atoms with E-state index in [4.69, 9.17) is 5.73 Å². The molecule has 2 aromatic heterocycles. The zero-order chi connectivity index (χ0) is 13.1. The first kappa shape index (κ1) is 13.0. The molecule has 2 aromatic rings. The minimum atomic E-state index is -0.0505. The van der Waals surface area contributed by atoms with E-state index in [2.05, 4.69) is 20.9 Å². The Morgan fingerprint density at radius 2 is 2.33 bits per heavy atom. The highest BCUT2D eigenvalue weighted by atomic mass is 79.9. The number of carbonyl (C=O) groups excluding carboxylic acids is 1. The van der Waals surface area contributed by atoms with Gasteiger partial charge in [-0.25, -0.2) is 4.98 Å². The standard InChI is InChI=1S/C12H12BrN3OS/c1-2-16(11-4-3-9(14)6-15-11)12(17)10-5-8(13)7-18-10/h3-7H,2,14H2,1H3. The van der Waals surface area contributed by atoms with Gasteiger partial charge in [0.15, 0.2) is 0 Å². The molecule has 0 aliphatic heterocycles. The molecule has 0 aliphatic rings. The number of hydrogen-bond donors (Lipinski definition) is 1. The molecule has 6 heteroatoms. The van der Waals surface area contributed by atoms with Crippen LogP contribution >= 0.6 is 27.3 Å². The van der Waals surface area contributed by atoms with Crippen molar-refractivity contribution in [2.75, 3.05) is 17.2 Å². The Morgan fingerprint density at radius 1 is 1.56 bits per heavy atom. The van der Waals surface area contributed by atoms with Crippen LogP contribution in [0.15, 0.2) is 34.2 Å². The van der Waals surface area contributed by atoms with Gasteiger partial charge >= 0.3 is 0 Å². The zero-order valence-electron chi connectivity index (χ0n) is 9.76. The summed E-state index contributed by atoms with van der Waals surface area (Å²) in [6.45, 7) is 2.48. The van der Waals surface area contributed by atoms with Gasteiger partial charge in [-0.05, 0) is 41.1 Å². The van der Waals surface area contributed by atoms with Crippen LogP contribution in [0.3, 0.4) is 0 Å². The molecule has 0 fully saturated rings. The summed E-state index contributed by atoms with van der Waals surface area (Å²) in [5.41, 5.74) is 6.17. The molecule has 4 nitrogen and oxygen atoms in total. The third-order valence-corrected chi connectivity index (χ3v) is 4.07. The Morgan fingerprint density at radius 3 is 2.83 bits per heavy atom. The van der Waals surface area contributed by atoms with Gasteiger partial charge in [0.25, 0.3) is 5.91 Å². The second kappa shape index (κ2) is 5.49. The molecule has 0 spiro atoms. The Hall–Kier alpha value is -1.40. The van der Waals surface area contributed by atoms with E-state index in [0.717, 1.165) is 4.47 Å². The number of pyridine rings is 1. The highest BCUT2D eigenvalue weighted by Crippen LogP contribution is 2.23. The summed E-state index contributed by atoms with van der Waals surface area (Å²) >= 11 is 4.75. The average Bonchev–Trinajstić information content (AvgIpc) is 2.79. The van der Waals surface area contributed by atoms with Crippen molar-refractivity contribution in [3.05, 3.63) is 39.1 Å². The summed E-state index contributed by atoms with van der Waals surface area (Å²) in [6, 6.07) is 5.30. The Bertz CT molecular complexity index is 553. The number of thiophene rings is 1. The summed E-state index contributed by atoms with van der Waals surface area (Å²) in [4.78, 5) is 18.8. The molecular formula is C12H12BrN3OS. The quantitative estimate of drug-likeness (QED) is 0.942. The maximum absolute atomic E-state index is 12.3. The van der Waals surface area contributed by atoms with Crippen molar-refractivity contribution >= 4 is 44.7 Å². The number of aromatic nitrogens is 1. The largest absolute Gasteiger partial charge is 0.397 e. The number of rotatable bonds is 3. The molecule has 0 atom stereocenters. The number of anilines is 2. The lowest BCUT2D eigenvalue weighted by molar-refractivity contribution is 0.0991. The van der Waals surface area contributed by atoms with Gasteiger partial charge in [0.1, 0.15) is 5.82 Å². The van der Waals surface area contributed by atoms with E-state index in [1.807, 2.05) is 18.4 Å².